The molecule has 0 saturated heterocycles. The summed E-state index contributed by atoms with van der Waals surface area (Å²) in [4.78, 5) is 0. The van der Waals surface area contributed by atoms with Crippen molar-refractivity contribution in [3.63, 3.8) is 0 Å². The van der Waals surface area contributed by atoms with Crippen LogP contribution in [0, 0.1) is 49.7 Å². The van der Waals surface area contributed by atoms with Crippen LogP contribution in [0.25, 0.3) is 0 Å². The molecule has 0 saturated carbocycles. The summed E-state index contributed by atoms with van der Waals surface area (Å²) in [5.74, 6) is 1.26. The predicted molar refractivity (Wildman–Crippen MR) is 143 cm³/mol. The number of rotatable bonds is 2. The number of allylic oxidation sites excluding steroid dienone is 8. The Morgan fingerprint density at radius 3 is 1.03 bits per heavy atom. The van der Waals surface area contributed by atoms with Gasteiger partial charge in [-0.25, -0.2) is 23.3 Å². The maximum atomic E-state index is 3.44. The van der Waals surface area contributed by atoms with Gasteiger partial charge in [0.1, 0.15) is 0 Å². The molecule has 2 aliphatic rings. The molecule has 2 aliphatic carbocycles. The van der Waals surface area contributed by atoms with E-state index in [1.807, 2.05) is 26.8 Å². The van der Waals surface area contributed by atoms with Crippen molar-refractivity contribution in [2.45, 2.75) is 82.1 Å². The second-order valence-corrected chi connectivity index (χ2v) is 9.77. The first-order valence-corrected chi connectivity index (χ1v) is 13.8. The summed E-state index contributed by atoms with van der Waals surface area (Å²) in [5, 5.41) is 0. The Balaban J connectivity index is -0.000000114. The summed E-state index contributed by atoms with van der Waals surface area (Å²) in [7, 11) is 1.86. The van der Waals surface area contributed by atoms with Gasteiger partial charge >= 0.3 is 26.8 Å². The topological polar surface area (TPSA) is 0 Å². The van der Waals surface area contributed by atoms with E-state index < -0.39 is 0 Å². The van der Waals surface area contributed by atoms with Crippen LogP contribution >= 0.6 is 24.8 Å². The molecule has 2 rings (SSSR count). The molecule has 0 heterocycles. The zero-order valence-electron chi connectivity index (χ0n) is 21.7. The van der Waals surface area contributed by atoms with E-state index >= 15 is 0 Å². The second-order valence-electron chi connectivity index (χ2n) is 9.77. The van der Waals surface area contributed by atoms with E-state index in [-0.39, 0.29) is 39.7 Å². The van der Waals surface area contributed by atoms with Crippen LogP contribution in [-0.4, -0.2) is 7.63 Å². The molecule has 178 valence electrons. The first-order valence-electron chi connectivity index (χ1n) is 9.81. The van der Waals surface area contributed by atoms with Crippen molar-refractivity contribution >= 4 is 32.4 Å². The fourth-order valence-corrected chi connectivity index (χ4v) is 2.68. The Morgan fingerprint density at radius 2 is 0.933 bits per heavy atom. The maximum absolute atomic E-state index is 3.44. The minimum atomic E-state index is 0. The summed E-state index contributed by atoms with van der Waals surface area (Å²) in [6.07, 6.45) is 13.6. The van der Waals surface area contributed by atoms with Gasteiger partial charge in [-0.05, 0) is 10.8 Å². The molecule has 30 heavy (non-hydrogen) atoms. The fourth-order valence-electron chi connectivity index (χ4n) is 2.68. The molecule has 0 nitrogen and oxygen atoms in total. The SMILES string of the molecule is CC(C)C1=[C-]CC(C(C)(C)C)=C1.CC(C)C1=[C-]CC(C(C)(C)C)=C1.Cl.Cl.[CH3-].[CH3-].[SiH2]=[Ti]. The molecular formula is C26H48Cl2SiTi-4. The van der Waals surface area contributed by atoms with Crippen molar-refractivity contribution < 1.29 is 19.2 Å². The number of hydrogen-bond donors (Lipinski definition) is 0. The molecule has 0 bridgehead atoms. The van der Waals surface area contributed by atoms with E-state index in [1.165, 1.54) is 22.3 Å². The Bertz CT molecular complexity index is 531. The van der Waals surface area contributed by atoms with Crippen molar-refractivity contribution in [3.05, 3.63) is 61.4 Å². The third kappa shape index (κ3) is 14.5. The van der Waals surface area contributed by atoms with Gasteiger partial charge in [0.15, 0.2) is 0 Å². The van der Waals surface area contributed by atoms with Crippen LogP contribution in [-0.2, 0) is 19.2 Å². The van der Waals surface area contributed by atoms with Gasteiger partial charge in [-0.2, -0.15) is 11.1 Å². The molecule has 0 aromatic rings. The Morgan fingerprint density at radius 1 is 0.700 bits per heavy atom. The van der Waals surface area contributed by atoms with Gasteiger partial charge in [0.2, 0.25) is 0 Å². The second kappa shape index (κ2) is 18.0. The van der Waals surface area contributed by atoms with Gasteiger partial charge in [0, 0.05) is 0 Å². The van der Waals surface area contributed by atoms with Crippen LogP contribution in [0.2, 0.25) is 0 Å². The van der Waals surface area contributed by atoms with Gasteiger partial charge in [-0.15, -0.1) is 37.7 Å². The first-order chi connectivity index (χ1) is 11.8. The molecule has 0 radical (unpaired) electrons. The van der Waals surface area contributed by atoms with Gasteiger partial charge in [0.05, 0.1) is 0 Å². The number of halogens is 2. The van der Waals surface area contributed by atoms with Crippen LogP contribution in [0.1, 0.15) is 82.1 Å². The standard InChI is InChI=1S/2C12H19.2CH3.2ClH.H2Si.Ti/c2*1-9(2)10-6-7-11(8-10)12(3,4)5;;;;;;/h2*8-9H,7H2,1-5H3;2*1H3;2*1H;1H2;/q4*-1;;;;. The van der Waals surface area contributed by atoms with Gasteiger partial charge < -0.3 is 14.9 Å². The summed E-state index contributed by atoms with van der Waals surface area (Å²) in [6.45, 7) is 22.5. The van der Waals surface area contributed by atoms with Crippen LogP contribution in [0.3, 0.4) is 0 Å². The van der Waals surface area contributed by atoms with Gasteiger partial charge in [0.25, 0.3) is 0 Å². The summed E-state index contributed by atoms with van der Waals surface area (Å²) in [5.41, 5.74) is 6.46. The molecule has 0 fully saturated rings. The summed E-state index contributed by atoms with van der Waals surface area (Å²) >= 11 is 2.03. The molecule has 0 amide bonds. The van der Waals surface area contributed by atoms with E-state index in [9.17, 15) is 0 Å². The zero-order valence-corrected chi connectivity index (χ0v) is 26.4. The van der Waals surface area contributed by atoms with E-state index in [1.54, 1.807) is 0 Å². The molecular weight excluding hydrogens is 459 g/mol. The monoisotopic (exact) mass is 506 g/mol. The van der Waals surface area contributed by atoms with Crippen LogP contribution in [0.5, 0.6) is 0 Å². The third-order valence-electron chi connectivity index (χ3n) is 4.80. The predicted octanol–water partition coefficient (Wildman–Crippen LogP) is 8.32. The van der Waals surface area contributed by atoms with Crippen LogP contribution < -0.4 is 0 Å². The van der Waals surface area contributed by atoms with Crippen molar-refractivity contribution in [2.75, 3.05) is 0 Å². The average molecular weight is 508 g/mol. The van der Waals surface area contributed by atoms with Crippen molar-refractivity contribution in [1.82, 2.24) is 0 Å². The Kier molecular flexibility index (Phi) is 24.4. The molecule has 0 atom stereocenters. The van der Waals surface area contributed by atoms with Gasteiger partial charge in [-0.1, -0.05) is 81.1 Å². The third-order valence-corrected chi connectivity index (χ3v) is 4.80. The van der Waals surface area contributed by atoms with E-state index in [4.69, 9.17) is 0 Å². The van der Waals surface area contributed by atoms with E-state index in [0.717, 1.165) is 12.8 Å². The quantitative estimate of drug-likeness (QED) is 0.260. The molecule has 4 heteroatoms. The van der Waals surface area contributed by atoms with Crippen LogP contribution in [0.4, 0.5) is 0 Å². The minimum absolute atomic E-state index is 0. The van der Waals surface area contributed by atoms with E-state index in [2.05, 4.69) is 93.5 Å². The Hall–Kier alpha value is 0.471. The van der Waals surface area contributed by atoms with E-state index in [0.29, 0.717) is 22.7 Å². The van der Waals surface area contributed by atoms with Crippen molar-refractivity contribution in [3.8, 4) is 0 Å². The Labute approximate surface area is 216 Å². The van der Waals surface area contributed by atoms with Gasteiger partial charge in [-0.3, -0.25) is 12.2 Å². The molecule has 0 spiro atoms. The first kappa shape index (κ1) is 40.8. The van der Waals surface area contributed by atoms with Crippen LogP contribution in [0.15, 0.2) is 34.4 Å². The fraction of sp³-hybridized carbons (Fsp3) is 0.615. The average Bonchev–Trinajstić information content (AvgIpc) is 3.18. The van der Waals surface area contributed by atoms with Crippen molar-refractivity contribution in [2.24, 2.45) is 22.7 Å². The zero-order chi connectivity index (χ0) is 20.7. The molecule has 0 aliphatic heterocycles. The number of hydrogen-bond acceptors (Lipinski definition) is 0. The molecule has 0 unspecified atom stereocenters. The summed E-state index contributed by atoms with van der Waals surface area (Å²) < 4.78 is 0. The molecule has 0 aromatic carbocycles. The normalized spacial score (nSPS) is 14.6. The molecule has 0 aromatic heterocycles. The summed E-state index contributed by atoms with van der Waals surface area (Å²) in [6, 6.07) is 0. The molecule has 0 N–H and O–H groups in total. The van der Waals surface area contributed by atoms with Crippen molar-refractivity contribution in [1.29, 1.82) is 0 Å².